The van der Waals surface area contributed by atoms with Crippen LogP contribution in [0.3, 0.4) is 0 Å². The molecule has 164 valence electrons. The molecule has 1 N–H and O–H groups in total. The van der Waals surface area contributed by atoms with Gasteiger partial charge in [-0.25, -0.2) is 4.39 Å². The lowest BCUT2D eigenvalue weighted by Gasteiger charge is -2.40. The minimum Gasteiger partial charge on any atom is -0.325 e. The van der Waals surface area contributed by atoms with Crippen LogP contribution < -0.4 is 10.2 Å². The molecule has 1 amide bonds. The largest absolute Gasteiger partial charge is 0.325 e. The first-order valence-corrected chi connectivity index (χ1v) is 12.8. The summed E-state index contributed by atoms with van der Waals surface area (Å²) in [6.45, 7) is 0.00812. The van der Waals surface area contributed by atoms with Crippen molar-refractivity contribution in [3.05, 3.63) is 80.5 Å². The number of carbonyl (C=O) groups is 1. The summed E-state index contributed by atoms with van der Waals surface area (Å²) in [5.41, 5.74) is 1.80. The SMILES string of the molecule is O=C(Cn1c2c(sc1=O)[C@@H](c1ccc(F)cc1)C1C3CCC(C3)C1S2)Nc1ccccc1. The number of amides is 1. The molecule has 1 aromatic heterocycles. The molecule has 6 rings (SSSR count). The third-order valence-corrected chi connectivity index (χ3v) is 10.1. The summed E-state index contributed by atoms with van der Waals surface area (Å²) in [5, 5.41) is 4.28. The van der Waals surface area contributed by atoms with Gasteiger partial charge in [0.2, 0.25) is 5.91 Å². The minimum atomic E-state index is -0.244. The van der Waals surface area contributed by atoms with Crippen molar-refractivity contribution in [3.8, 4) is 0 Å². The fourth-order valence-corrected chi connectivity index (χ4v) is 9.15. The Balaban J connectivity index is 1.38. The minimum absolute atomic E-state index is 0.00812. The predicted molar refractivity (Wildman–Crippen MR) is 126 cm³/mol. The van der Waals surface area contributed by atoms with Gasteiger partial charge >= 0.3 is 4.87 Å². The number of hydrogen-bond acceptors (Lipinski definition) is 4. The van der Waals surface area contributed by atoms with E-state index in [2.05, 4.69) is 5.32 Å². The van der Waals surface area contributed by atoms with Crippen molar-refractivity contribution in [1.82, 2.24) is 4.57 Å². The van der Waals surface area contributed by atoms with Crippen LogP contribution >= 0.6 is 23.1 Å². The fraction of sp³-hybridized carbons (Fsp3) is 0.360. The smallest absolute Gasteiger partial charge is 0.308 e. The number of rotatable bonds is 4. The Labute approximate surface area is 193 Å². The van der Waals surface area contributed by atoms with Crippen LogP contribution in [0.15, 0.2) is 64.4 Å². The maximum absolute atomic E-state index is 13.7. The molecular formula is C25H23FN2O2S2. The molecule has 5 atom stereocenters. The quantitative estimate of drug-likeness (QED) is 0.565. The lowest BCUT2D eigenvalue weighted by Crippen LogP contribution is -2.34. The summed E-state index contributed by atoms with van der Waals surface area (Å²) < 4.78 is 15.3. The van der Waals surface area contributed by atoms with Crippen LogP contribution in [0.25, 0.3) is 0 Å². The molecule has 3 aliphatic rings. The highest BCUT2D eigenvalue weighted by molar-refractivity contribution is 8.00. The number of nitrogens with one attached hydrogen (secondary N) is 1. The zero-order valence-electron chi connectivity index (χ0n) is 17.4. The van der Waals surface area contributed by atoms with Crippen LogP contribution in [0.1, 0.15) is 35.6 Å². The van der Waals surface area contributed by atoms with Crippen LogP contribution in [0, 0.1) is 23.6 Å². The number of para-hydroxylation sites is 1. The molecule has 2 aliphatic carbocycles. The Morgan fingerprint density at radius 3 is 2.59 bits per heavy atom. The van der Waals surface area contributed by atoms with E-state index in [0.29, 0.717) is 23.0 Å². The van der Waals surface area contributed by atoms with Gasteiger partial charge in [0.05, 0.1) is 5.03 Å². The number of thiazole rings is 1. The molecule has 2 saturated carbocycles. The lowest BCUT2D eigenvalue weighted by molar-refractivity contribution is -0.116. The second-order valence-electron chi connectivity index (χ2n) is 9.06. The van der Waals surface area contributed by atoms with Gasteiger partial charge in [-0.3, -0.25) is 14.2 Å². The molecule has 2 heterocycles. The maximum atomic E-state index is 13.7. The van der Waals surface area contributed by atoms with Crippen molar-refractivity contribution in [3.63, 3.8) is 0 Å². The van der Waals surface area contributed by atoms with Gasteiger partial charge in [-0.05, 0) is 66.8 Å². The number of nitrogens with zero attached hydrogens (tertiary/aromatic N) is 1. The van der Waals surface area contributed by atoms with Gasteiger partial charge in [0.25, 0.3) is 0 Å². The van der Waals surface area contributed by atoms with Crippen LogP contribution in [0.5, 0.6) is 0 Å². The van der Waals surface area contributed by atoms with Gasteiger partial charge in [-0.1, -0.05) is 41.7 Å². The maximum Gasteiger partial charge on any atom is 0.308 e. The highest BCUT2D eigenvalue weighted by Crippen LogP contribution is 2.63. The average molecular weight is 467 g/mol. The van der Waals surface area contributed by atoms with Gasteiger partial charge in [0.15, 0.2) is 0 Å². The van der Waals surface area contributed by atoms with E-state index < -0.39 is 0 Å². The van der Waals surface area contributed by atoms with Gasteiger partial charge in [-0.15, -0.1) is 11.8 Å². The molecule has 4 unspecified atom stereocenters. The molecular weight excluding hydrogens is 443 g/mol. The van der Waals surface area contributed by atoms with Crippen molar-refractivity contribution >= 4 is 34.7 Å². The van der Waals surface area contributed by atoms with Crippen molar-refractivity contribution < 1.29 is 9.18 Å². The number of benzene rings is 2. The number of carbonyl (C=O) groups excluding carboxylic acids is 1. The fourth-order valence-electron chi connectivity index (χ4n) is 6.00. The molecule has 0 radical (unpaired) electrons. The predicted octanol–water partition coefficient (Wildman–Crippen LogP) is 5.34. The average Bonchev–Trinajstić information content (AvgIpc) is 3.48. The molecule has 2 fully saturated rings. The summed E-state index contributed by atoms with van der Waals surface area (Å²) in [7, 11) is 0. The third-order valence-electron chi connectivity index (χ3n) is 7.28. The van der Waals surface area contributed by atoms with Crippen LogP contribution in [-0.4, -0.2) is 15.7 Å². The molecule has 32 heavy (non-hydrogen) atoms. The van der Waals surface area contributed by atoms with Crippen LogP contribution in [0.4, 0.5) is 10.1 Å². The summed E-state index contributed by atoms with van der Waals surface area (Å²) in [5.74, 6) is 1.45. The van der Waals surface area contributed by atoms with Crippen LogP contribution in [0.2, 0.25) is 0 Å². The van der Waals surface area contributed by atoms with Crippen molar-refractivity contribution in [1.29, 1.82) is 0 Å². The van der Waals surface area contributed by atoms with E-state index in [1.54, 1.807) is 4.57 Å². The van der Waals surface area contributed by atoms with E-state index in [1.807, 2.05) is 54.2 Å². The van der Waals surface area contributed by atoms with Gasteiger partial charge in [-0.2, -0.15) is 0 Å². The molecule has 0 saturated heterocycles. The summed E-state index contributed by atoms with van der Waals surface area (Å²) in [4.78, 5) is 26.8. The Kier molecular flexibility index (Phi) is 4.99. The molecule has 2 aromatic carbocycles. The number of halogens is 1. The molecule has 1 aliphatic heterocycles. The van der Waals surface area contributed by atoms with E-state index in [0.717, 1.165) is 21.2 Å². The zero-order chi connectivity index (χ0) is 21.8. The first kappa shape index (κ1) is 20.2. The van der Waals surface area contributed by atoms with Crippen LogP contribution in [-0.2, 0) is 11.3 Å². The number of thioether (sulfide) groups is 1. The van der Waals surface area contributed by atoms with E-state index in [4.69, 9.17) is 0 Å². The Morgan fingerprint density at radius 1 is 1.06 bits per heavy atom. The lowest BCUT2D eigenvalue weighted by atomic mass is 9.75. The van der Waals surface area contributed by atoms with E-state index in [9.17, 15) is 14.0 Å². The molecule has 2 bridgehead atoms. The highest BCUT2D eigenvalue weighted by Gasteiger charge is 2.55. The Bertz CT molecular complexity index is 1220. The van der Waals surface area contributed by atoms with Gasteiger partial charge in [0, 0.05) is 21.7 Å². The van der Waals surface area contributed by atoms with E-state index in [-0.39, 0.29) is 29.1 Å². The number of fused-ring (bicyclic) bond motifs is 6. The summed E-state index contributed by atoms with van der Waals surface area (Å²) in [6, 6.07) is 16.1. The summed E-state index contributed by atoms with van der Waals surface area (Å²) >= 11 is 3.07. The molecule has 7 heteroatoms. The van der Waals surface area contributed by atoms with Crippen molar-refractivity contribution in [2.45, 2.75) is 42.0 Å². The number of anilines is 1. The number of aromatic nitrogens is 1. The zero-order valence-corrected chi connectivity index (χ0v) is 19.0. The molecule has 0 spiro atoms. The summed E-state index contributed by atoms with van der Waals surface area (Å²) in [6.07, 6.45) is 3.73. The normalized spacial score (nSPS) is 27.7. The van der Waals surface area contributed by atoms with E-state index >= 15 is 0 Å². The number of hydrogen-bond donors (Lipinski definition) is 1. The standard InChI is InChI=1S/C25H23FN2O2S2/c26-17-10-8-14(9-11-17)20-21-15-6-7-16(12-15)22(21)31-24-23(20)32-25(30)28(24)13-19(29)27-18-4-2-1-3-5-18/h1-5,8-11,15-16,20-22H,6-7,12-13H2,(H,27,29)/t15?,16?,20-,21?,22?/m0/s1. The second-order valence-corrected chi connectivity index (χ2v) is 11.2. The first-order chi connectivity index (χ1) is 15.6. The molecule has 4 nitrogen and oxygen atoms in total. The van der Waals surface area contributed by atoms with Gasteiger partial charge in [0.1, 0.15) is 12.4 Å². The topological polar surface area (TPSA) is 51.1 Å². The second kappa shape index (κ2) is 7.89. The Morgan fingerprint density at radius 2 is 1.81 bits per heavy atom. The van der Waals surface area contributed by atoms with Gasteiger partial charge < -0.3 is 5.32 Å². The monoisotopic (exact) mass is 466 g/mol. The molecule has 3 aromatic rings. The van der Waals surface area contributed by atoms with E-state index in [1.165, 1.54) is 42.7 Å². The highest BCUT2D eigenvalue weighted by atomic mass is 32.2. The Hall–Kier alpha value is -2.38. The van der Waals surface area contributed by atoms with Crippen molar-refractivity contribution in [2.24, 2.45) is 17.8 Å². The third kappa shape index (κ3) is 3.33. The first-order valence-electron chi connectivity index (χ1n) is 11.1. The van der Waals surface area contributed by atoms with Crippen molar-refractivity contribution in [2.75, 3.05) is 5.32 Å².